The Morgan fingerprint density at radius 2 is 1.76 bits per heavy atom. The van der Waals surface area contributed by atoms with Gasteiger partial charge in [0.15, 0.2) is 0 Å². The standard InChI is InChI=1S/C14H19N2O/c1-4-16(5-2)11-10-15-14(16)12-6-8-13(17-3)9-7-12/h6-11H,4-5H2,1-3H3/q+1. The van der Waals surface area contributed by atoms with Crippen molar-refractivity contribution in [2.45, 2.75) is 13.8 Å². The Morgan fingerprint density at radius 1 is 1.12 bits per heavy atom. The van der Waals surface area contributed by atoms with Gasteiger partial charge in [0.2, 0.25) is 5.84 Å². The van der Waals surface area contributed by atoms with Crippen molar-refractivity contribution >= 4 is 5.84 Å². The molecule has 3 heteroatoms. The second kappa shape index (κ2) is 4.72. The van der Waals surface area contributed by atoms with Crippen LogP contribution in [0, 0.1) is 0 Å². The van der Waals surface area contributed by atoms with Crippen LogP contribution in [0.5, 0.6) is 5.75 Å². The van der Waals surface area contributed by atoms with Crippen molar-refractivity contribution in [3.63, 3.8) is 0 Å². The zero-order chi connectivity index (χ0) is 12.3. The first-order valence-corrected chi connectivity index (χ1v) is 6.03. The van der Waals surface area contributed by atoms with E-state index in [-0.39, 0.29) is 0 Å². The molecule has 0 spiro atoms. The van der Waals surface area contributed by atoms with E-state index in [1.807, 2.05) is 18.3 Å². The van der Waals surface area contributed by atoms with Crippen molar-refractivity contribution in [1.82, 2.24) is 0 Å². The lowest BCUT2D eigenvalue weighted by atomic mass is 10.1. The van der Waals surface area contributed by atoms with Crippen molar-refractivity contribution in [2.75, 3.05) is 20.2 Å². The molecular formula is C14H19N2O+. The number of methoxy groups -OCH3 is 1. The summed E-state index contributed by atoms with van der Waals surface area (Å²) in [5.74, 6) is 2.00. The maximum atomic E-state index is 5.18. The smallest absolute Gasteiger partial charge is 0.239 e. The summed E-state index contributed by atoms with van der Waals surface area (Å²) in [6, 6.07) is 8.11. The lowest BCUT2D eigenvalue weighted by Gasteiger charge is -2.29. The molecule has 3 nitrogen and oxygen atoms in total. The Morgan fingerprint density at radius 3 is 2.29 bits per heavy atom. The van der Waals surface area contributed by atoms with Gasteiger partial charge in [-0.15, -0.1) is 0 Å². The summed E-state index contributed by atoms with van der Waals surface area (Å²) in [5.41, 5.74) is 1.17. The summed E-state index contributed by atoms with van der Waals surface area (Å²) in [7, 11) is 1.68. The molecule has 0 saturated heterocycles. The van der Waals surface area contributed by atoms with Crippen molar-refractivity contribution in [2.24, 2.45) is 4.99 Å². The number of rotatable bonds is 4. The molecule has 0 fully saturated rings. The summed E-state index contributed by atoms with van der Waals surface area (Å²) in [4.78, 5) is 4.52. The quantitative estimate of drug-likeness (QED) is 0.730. The van der Waals surface area contributed by atoms with Gasteiger partial charge >= 0.3 is 0 Å². The highest BCUT2D eigenvalue weighted by Gasteiger charge is 2.32. The highest BCUT2D eigenvalue weighted by Crippen LogP contribution is 2.23. The van der Waals surface area contributed by atoms with Gasteiger partial charge in [-0.3, -0.25) is 0 Å². The Bertz CT molecular complexity index is 442. The van der Waals surface area contributed by atoms with Crippen molar-refractivity contribution in [3.8, 4) is 5.75 Å². The van der Waals surface area contributed by atoms with Gasteiger partial charge in [-0.25, -0.2) is 4.48 Å². The van der Waals surface area contributed by atoms with Crippen LogP contribution in [-0.2, 0) is 0 Å². The second-order valence-electron chi connectivity index (χ2n) is 4.15. The van der Waals surface area contributed by atoms with E-state index in [1.165, 1.54) is 5.56 Å². The van der Waals surface area contributed by atoms with Gasteiger partial charge in [-0.2, -0.15) is 4.99 Å². The molecule has 1 aliphatic rings. The van der Waals surface area contributed by atoms with Gasteiger partial charge in [0.1, 0.15) is 11.9 Å². The Labute approximate surface area is 103 Å². The van der Waals surface area contributed by atoms with Crippen molar-refractivity contribution < 1.29 is 9.22 Å². The molecule has 0 unspecified atom stereocenters. The molecule has 2 rings (SSSR count). The normalized spacial score (nSPS) is 17.0. The van der Waals surface area contributed by atoms with Crippen LogP contribution in [0.3, 0.4) is 0 Å². The van der Waals surface area contributed by atoms with E-state index in [0.29, 0.717) is 0 Å². The highest BCUT2D eigenvalue weighted by atomic mass is 16.5. The molecule has 0 N–H and O–H groups in total. The van der Waals surface area contributed by atoms with Gasteiger partial charge < -0.3 is 4.74 Å². The number of amidine groups is 1. The Kier molecular flexibility index (Phi) is 3.29. The van der Waals surface area contributed by atoms with Crippen LogP contribution in [-0.4, -0.2) is 30.5 Å². The highest BCUT2D eigenvalue weighted by molar-refractivity contribution is 5.95. The van der Waals surface area contributed by atoms with Crippen LogP contribution in [0.15, 0.2) is 41.7 Å². The van der Waals surface area contributed by atoms with Gasteiger partial charge in [0, 0.05) is 0 Å². The molecule has 0 atom stereocenters. The first kappa shape index (κ1) is 11.9. The number of quaternary nitrogens is 1. The number of benzene rings is 1. The van der Waals surface area contributed by atoms with E-state index in [2.05, 4.69) is 37.2 Å². The summed E-state index contributed by atoms with van der Waals surface area (Å²) in [6.45, 7) is 6.44. The Balaban J connectivity index is 2.34. The van der Waals surface area contributed by atoms with Crippen LogP contribution in [0.1, 0.15) is 19.4 Å². The van der Waals surface area contributed by atoms with Crippen LogP contribution in [0.4, 0.5) is 0 Å². The third-order valence-corrected chi connectivity index (χ3v) is 3.45. The first-order chi connectivity index (χ1) is 8.25. The van der Waals surface area contributed by atoms with Gasteiger partial charge in [-0.05, 0) is 38.1 Å². The van der Waals surface area contributed by atoms with E-state index in [9.17, 15) is 0 Å². The third-order valence-electron chi connectivity index (χ3n) is 3.45. The molecule has 0 amide bonds. The molecule has 0 radical (unpaired) electrons. The first-order valence-electron chi connectivity index (χ1n) is 6.03. The van der Waals surface area contributed by atoms with Crippen molar-refractivity contribution in [3.05, 3.63) is 42.2 Å². The zero-order valence-corrected chi connectivity index (χ0v) is 10.7. The van der Waals surface area contributed by atoms with Gasteiger partial charge in [0.05, 0.1) is 32.0 Å². The zero-order valence-electron chi connectivity index (χ0n) is 10.7. The minimum Gasteiger partial charge on any atom is -0.497 e. The third kappa shape index (κ3) is 1.98. The van der Waals surface area contributed by atoms with Crippen LogP contribution < -0.4 is 4.74 Å². The summed E-state index contributed by atoms with van der Waals surface area (Å²) in [6.07, 6.45) is 4.08. The van der Waals surface area contributed by atoms with E-state index in [0.717, 1.165) is 29.2 Å². The fourth-order valence-corrected chi connectivity index (χ4v) is 2.22. The maximum absolute atomic E-state index is 5.18. The molecule has 1 heterocycles. The molecule has 1 aromatic rings. The van der Waals surface area contributed by atoms with E-state index in [4.69, 9.17) is 4.74 Å². The lowest BCUT2D eigenvalue weighted by Crippen LogP contribution is -2.46. The minimum atomic E-state index is 0.826. The second-order valence-corrected chi connectivity index (χ2v) is 4.15. The summed E-state index contributed by atoms with van der Waals surface area (Å²) < 4.78 is 6.00. The summed E-state index contributed by atoms with van der Waals surface area (Å²) >= 11 is 0. The van der Waals surface area contributed by atoms with Gasteiger partial charge in [0.25, 0.3) is 0 Å². The average molecular weight is 231 g/mol. The number of hydrogen-bond acceptors (Lipinski definition) is 2. The summed E-state index contributed by atoms with van der Waals surface area (Å²) in [5, 5.41) is 0. The number of ether oxygens (including phenoxy) is 1. The van der Waals surface area contributed by atoms with E-state index < -0.39 is 0 Å². The molecule has 1 aromatic carbocycles. The SMILES string of the molecule is CC[N+]1(CC)C=CN=C1c1ccc(OC)cc1. The number of aliphatic imine (C=N–C) groups is 1. The van der Waals surface area contributed by atoms with E-state index in [1.54, 1.807) is 7.11 Å². The van der Waals surface area contributed by atoms with E-state index >= 15 is 0 Å². The predicted octanol–water partition coefficient (Wildman–Crippen LogP) is 2.78. The Hall–Kier alpha value is -1.61. The van der Waals surface area contributed by atoms with Crippen LogP contribution >= 0.6 is 0 Å². The fraction of sp³-hybridized carbons (Fsp3) is 0.357. The van der Waals surface area contributed by atoms with Gasteiger partial charge in [-0.1, -0.05) is 0 Å². The number of nitrogens with zero attached hydrogens (tertiary/aromatic N) is 2. The molecular weight excluding hydrogens is 212 g/mol. The molecule has 0 saturated carbocycles. The largest absolute Gasteiger partial charge is 0.497 e. The molecule has 0 aromatic heterocycles. The molecule has 0 aliphatic carbocycles. The minimum absolute atomic E-state index is 0.826. The molecule has 0 bridgehead atoms. The number of hydrogen-bond donors (Lipinski definition) is 0. The molecule has 17 heavy (non-hydrogen) atoms. The monoisotopic (exact) mass is 231 g/mol. The van der Waals surface area contributed by atoms with Crippen LogP contribution in [0.25, 0.3) is 0 Å². The molecule has 1 aliphatic heterocycles. The maximum Gasteiger partial charge on any atom is 0.239 e. The topological polar surface area (TPSA) is 21.6 Å². The fourth-order valence-electron chi connectivity index (χ4n) is 2.22. The van der Waals surface area contributed by atoms with Crippen LogP contribution in [0.2, 0.25) is 0 Å². The molecule has 90 valence electrons. The average Bonchev–Trinajstić information content (AvgIpc) is 2.83. The van der Waals surface area contributed by atoms with Crippen molar-refractivity contribution in [1.29, 1.82) is 0 Å². The predicted molar refractivity (Wildman–Crippen MR) is 70.0 cm³/mol. The lowest BCUT2D eigenvalue weighted by molar-refractivity contribution is -0.781.